The van der Waals surface area contributed by atoms with Crippen LogP contribution in [0, 0.1) is 23.0 Å². The van der Waals surface area contributed by atoms with Crippen LogP contribution in [0.15, 0.2) is 53.8 Å². The zero-order valence-electron chi connectivity index (χ0n) is 21.7. The predicted octanol–water partition coefficient (Wildman–Crippen LogP) is 5.63. The SMILES string of the molecule is CC(C)Oc1ccc(-c2c[nH]c3nccc(Oc4c(F)cc(CC5=NCC(F)(CO)CO5)cc4F)c23)cc1C#N. The van der Waals surface area contributed by atoms with Gasteiger partial charge in [0.2, 0.25) is 0 Å². The molecular formula is C29H25F3N4O4. The fourth-order valence-electron chi connectivity index (χ4n) is 4.31. The molecular weight excluding hydrogens is 525 g/mol. The summed E-state index contributed by atoms with van der Waals surface area (Å²) in [5.74, 6) is -1.81. The van der Waals surface area contributed by atoms with Crippen LogP contribution in [0.4, 0.5) is 13.2 Å². The number of fused-ring (bicyclic) bond motifs is 1. The van der Waals surface area contributed by atoms with Crippen molar-refractivity contribution < 1.29 is 32.5 Å². The Morgan fingerprint density at radius 3 is 2.60 bits per heavy atom. The number of H-pyrrole nitrogens is 1. The molecule has 2 aromatic heterocycles. The van der Waals surface area contributed by atoms with E-state index < -0.39 is 36.3 Å². The Bertz CT molecular complexity index is 1620. The van der Waals surface area contributed by atoms with Crippen LogP contribution in [-0.2, 0) is 11.2 Å². The summed E-state index contributed by atoms with van der Waals surface area (Å²) >= 11 is 0. The second-order valence-corrected chi connectivity index (χ2v) is 9.70. The van der Waals surface area contributed by atoms with Crippen LogP contribution in [0.25, 0.3) is 22.2 Å². The Kier molecular flexibility index (Phi) is 7.36. The fourth-order valence-corrected chi connectivity index (χ4v) is 4.31. The number of aliphatic imine (C=N–C) groups is 1. The summed E-state index contributed by atoms with van der Waals surface area (Å²) in [5.41, 5.74) is 0.267. The summed E-state index contributed by atoms with van der Waals surface area (Å²) in [5, 5.41) is 19.2. The van der Waals surface area contributed by atoms with Gasteiger partial charge >= 0.3 is 0 Å². The van der Waals surface area contributed by atoms with Crippen LogP contribution in [0.3, 0.4) is 0 Å². The highest BCUT2D eigenvalue weighted by Gasteiger charge is 2.34. The third kappa shape index (κ3) is 5.44. The van der Waals surface area contributed by atoms with Crippen molar-refractivity contribution in [1.82, 2.24) is 9.97 Å². The monoisotopic (exact) mass is 550 g/mol. The van der Waals surface area contributed by atoms with Crippen molar-refractivity contribution in [2.45, 2.75) is 32.0 Å². The van der Waals surface area contributed by atoms with Gasteiger partial charge in [0, 0.05) is 24.4 Å². The first-order valence-electron chi connectivity index (χ1n) is 12.5. The van der Waals surface area contributed by atoms with E-state index in [9.17, 15) is 9.65 Å². The minimum absolute atomic E-state index is 0.0607. The van der Waals surface area contributed by atoms with Crippen LogP contribution in [0.1, 0.15) is 25.0 Å². The number of rotatable bonds is 8. The third-order valence-corrected chi connectivity index (χ3v) is 6.25. The van der Waals surface area contributed by atoms with E-state index >= 15 is 8.78 Å². The lowest BCUT2D eigenvalue weighted by Crippen LogP contribution is -2.42. The van der Waals surface area contributed by atoms with E-state index in [1.54, 1.807) is 24.4 Å². The standard InChI is InChI=1S/C29H25F3N4O4/c1-16(2)39-23-4-3-18(10-19(23)11-33)20-12-35-28-26(20)24(5-6-34-28)40-27-21(30)7-17(8-22(27)31)9-25-36-13-29(32,14-37)15-38-25/h3-8,10,12,16,37H,9,13-15H2,1-2H3,(H,34,35). The van der Waals surface area contributed by atoms with Crippen LogP contribution in [-0.4, -0.2) is 52.5 Å². The second kappa shape index (κ2) is 10.9. The zero-order chi connectivity index (χ0) is 28.4. The van der Waals surface area contributed by atoms with Gasteiger partial charge in [0.05, 0.1) is 30.2 Å². The molecule has 0 fully saturated rings. The van der Waals surface area contributed by atoms with Crippen molar-refractivity contribution in [3.8, 4) is 34.4 Å². The van der Waals surface area contributed by atoms with Crippen molar-refractivity contribution in [2.75, 3.05) is 19.8 Å². The Morgan fingerprint density at radius 2 is 1.95 bits per heavy atom. The summed E-state index contributed by atoms with van der Waals surface area (Å²) < 4.78 is 61.0. The number of ether oxygens (including phenoxy) is 3. The van der Waals surface area contributed by atoms with Gasteiger partial charge in [0.15, 0.2) is 29.0 Å². The number of nitrogens with zero attached hydrogens (tertiary/aromatic N) is 3. The quantitative estimate of drug-likeness (QED) is 0.294. The number of nitriles is 1. The average Bonchev–Trinajstić information content (AvgIpc) is 3.37. The van der Waals surface area contributed by atoms with Gasteiger partial charge in [-0.2, -0.15) is 5.26 Å². The molecule has 40 heavy (non-hydrogen) atoms. The summed E-state index contributed by atoms with van der Waals surface area (Å²) in [4.78, 5) is 11.3. The van der Waals surface area contributed by atoms with E-state index in [0.717, 1.165) is 12.1 Å². The first kappa shape index (κ1) is 27.0. The maximum Gasteiger partial charge on any atom is 0.198 e. The molecule has 0 spiro atoms. The number of hydrogen-bond acceptors (Lipinski definition) is 7. The molecule has 3 heterocycles. The molecule has 0 radical (unpaired) electrons. The van der Waals surface area contributed by atoms with E-state index in [0.29, 0.717) is 33.5 Å². The summed E-state index contributed by atoms with van der Waals surface area (Å²) in [6.45, 7) is 2.29. The number of benzene rings is 2. The van der Waals surface area contributed by atoms with Crippen molar-refractivity contribution >= 4 is 16.9 Å². The lowest BCUT2D eigenvalue weighted by Gasteiger charge is -2.26. The third-order valence-electron chi connectivity index (χ3n) is 6.25. The van der Waals surface area contributed by atoms with Gasteiger partial charge in [-0.1, -0.05) is 6.07 Å². The number of nitrogens with one attached hydrogen (secondary N) is 1. The Morgan fingerprint density at radius 1 is 1.18 bits per heavy atom. The maximum atomic E-state index is 15.1. The molecule has 0 bridgehead atoms. The van der Waals surface area contributed by atoms with Gasteiger partial charge in [-0.05, 0) is 55.3 Å². The topological polar surface area (TPSA) is 113 Å². The van der Waals surface area contributed by atoms with Crippen molar-refractivity contribution in [1.29, 1.82) is 5.26 Å². The molecule has 1 unspecified atom stereocenters. The molecule has 1 atom stereocenters. The Labute approximate surface area is 227 Å². The molecule has 0 saturated heterocycles. The smallest absolute Gasteiger partial charge is 0.198 e. The number of aromatic nitrogens is 2. The van der Waals surface area contributed by atoms with E-state index in [-0.39, 0.29) is 36.3 Å². The highest BCUT2D eigenvalue weighted by Crippen LogP contribution is 2.39. The molecule has 2 N–H and O–H groups in total. The summed E-state index contributed by atoms with van der Waals surface area (Å²) in [6, 6.07) is 10.9. The zero-order valence-corrected chi connectivity index (χ0v) is 21.7. The number of aliphatic hydroxyl groups is 1. The van der Waals surface area contributed by atoms with Gasteiger partial charge in [0.25, 0.3) is 0 Å². The number of hydrogen-bond donors (Lipinski definition) is 2. The first-order chi connectivity index (χ1) is 19.2. The average molecular weight is 551 g/mol. The lowest BCUT2D eigenvalue weighted by molar-refractivity contribution is 0.0171. The minimum Gasteiger partial charge on any atom is -0.490 e. The van der Waals surface area contributed by atoms with Gasteiger partial charge in [0.1, 0.15) is 29.8 Å². The molecule has 0 amide bonds. The molecule has 4 aromatic rings. The van der Waals surface area contributed by atoms with Crippen molar-refractivity contribution in [3.05, 3.63) is 71.6 Å². The molecule has 0 saturated carbocycles. The van der Waals surface area contributed by atoms with E-state index in [1.807, 2.05) is 13.8 Å². The van der Waals surface area contributed by atoms with Crippen LogP contribution in [0.2, 0.25) is 0 Å². The molecule has 206 valence electrons. The molecule has 8 nitrogen and oxygen atoms in total. The fraction of sp³-hybridized carbons (Fsp3) is 0.276. The number of alkyl halides is 1. The van der Waals surface area contributed by atoms with Crippen molar-refractivity contribution in [3.63, 3.8) is 0 Å². The highest BCUT2D eigenvalue weighted by molar-refractivity contribution is 5.98. The number of aromatic amines is 1. The Balaban J connectivity index is 1.45. The molecule has 0 aliphatic carbocycles. The number of halogens is 3. The molecule has 1 aliphatic rings. The van der Waals surface area contributed by atoms with Gasteiger partial charge in [-0.15, -0.1) is 0 Å². The van der Waals surface area contributed by atoms with Gasteiger partial charge in [-0.3, -0.25) is 4.99 Å². The van der Waals surface area contributed by atoms with Gasteiger partial charge < -0.3 is 24.3 Å². The molecule has 5 rings (SSSR count). The normalized spacial score (nSPS) is 16.9. The largest absolute Gasteiger partial charge is 0.490 e. The summed E-state index contributed by atoms with van der Waals surface area (Å²) in [7, 11) is 0. The predicted molar refractivity (Wildman–Crippen MR) is 141 cm³/mol. The van der Waals surface area contributed by atoms with Crippen molar-refractivity contribution in [2.24, 2.45) is 4.99 Å². The second-order valence-electron chi connectivity index (χ2n) is 9.70. The number of aliphatic hydroxyl groups excluding tert-OH is 1. The van der Waals surface area contributed by atoms with E-state index in [1.165, 1.54) is 12.3 Å². The van der Waals surface area contributed by atoms with Crippen LogP contribution >= 0.6 is 0 Å². The first-order valence-corrected chi connectivity index (χ1v) is 12.5. The number of pyridine rings is 1. The summed E-state index contributed by atoms with van der Waals surface area (Å²) in [6.07, 6.45) is 2.94. The maximum absolute atomic E-state index is 15.1. The molecule has 1 aliphatic heterocycles. The van der Waals surface area contributed by atoms with Crippen LogP contribution in [0.5, 0.6) is 17.2 Å². The van der Waals surface area contributed by atoms with E-state index in [4.69, 9.17) is 19.3 Å². The van der Waals surface area contributed by atoms with Crippen LogP contribution < -0.4 is 9.47 Å². The molecule has 2 aromatic carbocycles. The Hall–Kier alpha value is -4.56. The lowest BCUT2D eigenvalue weighted by atomic mass is 10.0. The molecule has 11 heteroatoms. The van der Waals surface area contributed by atoms with Gasteiger partial charge in [-0.25, -0.2) is 18.2 Å². The van der Waals surface area contributed by atoms with E-state index in [2.05, 4.69) is 21.0 Å². The minimum atomic E-state index is -1.97. The highest BCUT2D eigenvalue weighted by atomic mass is 19.1.